The molecule has 0 radical (unpaired) electrons. The van der Waals surface area contributed by atoms with E-state index in [0.29, 0.717) is 15.7 Å². The van der Waals surface area contributed by atoms with Crippen molar-refractivity contribution in [3.8, 4) is 0 Å². The van der Waals surface area contributed by atoms with E-state index in [1.54, 1.807) is 12.1 Å². The minimum atomic E-state index is -0.741. The average molecular weight is 339 g/mol. The van der Waals surface area contributed by atoms with Crippen LogP contribution in [0.1, 0.15) is 11.6 Å². The van der Waals surface area contributed by atoms with Crippen LogP contribution < -0.4 is 10.6 Å². The van der Waals surface area contributed by atoms with Gasteiger partial charge in [0.1, 0.15) is 17.7 Å². The number of benzene rings is 2. The molecule has 20 heavy (non-hydrogen) atoms. The highest BCUT2D eigenvalue weighted by Gasteiger charge is 2.31. The first-order valence-electron chi connectivity index (χ1n) is 5.86. The molecule has 3 nitrogen and oxygen atoms in total. The number of amides is 1. The van der Waals surface area contributed by atoms with Crippen LogP contribution in [0.5, 0.6) is 0 Å². The van der Waals surface area contributed by atoms with Crippen molar-refractivity contribution in [3.05, 3.63) is 58.1 Å². The molecule has 0 saturated heterocycles. The third kappa shape index (κ3) is 2.27. The van der Waals surface area contributed by atoms with Crippen LogP contribution >= 0.6 is 15.9 Å². The van der Waals surface area contributed by atoms with Crippen LogP contribution in [0.4, 0.5) is 20.2 Å². The first kappa shape index (κ1) is 13.1. The molecular weight excluding hydrogens is 330 g/mol. The molecule has 1 heterocycles. The van der Waals surface area contributed by atoms with Gasteiger partial charge in [-0.15, -0.1) is 0 Å². The molecule has 2 N–H and O–H groups in total. The maximum atomic E-state index is 13.7. The first-order valence-corrected chi connectivity index (χ1v) is 6.66. The molecule has 6 heteroatoms. The van der Waals surface area contributed by atoms with E-state index >= 15 is 0 Å². The van der Waals surface area contributed by atoms with E-state index < -0.39 is 17.7 Å². The third-order valence-electron chi connectivity index (χ3n) is 3.07. The van der Waals surface area contributed by atoms with Gasteiger partial charge in [-0.05, 0) is 30.3 Å². The van der Waals surface area contributed by atoms with Gasteiger partial charge in [0.15, 0.2) is 0 Å². The lowest BCUT2D eigenvalue weighted by molar-refractivity contribution is -0.116. The number of carbonyl (C=O) groups excluding carboxylic acids is 1. The summed E-state index contributed by atoms with van der Waals surface area (Å²) in [7, 11) is 0. The van der Waals surface area contributed by atoms with Crippen LogP contribution in [0.3, 0.4) is 0 Å². The molecule has 0 fully saturated rings. The van der Waals surface area contributed by atoms with Gasteiger partial charge in [0.05, 0.1) is 5.69 Å². The van der Waals surface area contributed by atoms with Crippen molar-refractivity contribution in [2.75, 3.05) is 10.6 Å². The Morgan fingerprint density at radius 1 is 1.15 bits per heavy atom. The van der Waals surface area contributed by atoms with Gasteiger partial charge in [0.2, 0.25) is 0 Å². The summed E-state index contributed by atoms with van der Waals surface area (Å²) in [6.07, 6.45) is 0. The molecule has 0 bridgehead atoms. The monoisotopic (exact) mass is 338 g/mol. The summed E-state index contributed by atoms with van der Waals surface area (Å²) in [5, 5.41) is 5.40. The quantitative estimate of drug-likeness (QED) is 0.873. The Balaban J connectivity index is 1.96. The predicted octanol–water partition coefficient (Wildman–Crippen LogP) is 3.83. The number of nitrogens with one attached hydrogen (secondary N) is 2. The largest absolute Gasteiger partial charge is 0.368 e. The summed E-state index contributed by atoms with van der Waals surface area (Å²) >= 11 is 3.25. The van der Waals surface area contributed by atoms with Crippen molar-refractivity contribution in [2.45, 2.75) is 6.04 Å². The Hall–Kier alpha value is -1.95. The molecule has 1 aliphatic rings. The highest BCUT2D eigenvalue weighted by atomic mass is 79.9. The van der Waals surface area contributed by atoms with E-state index in [-0.39, 0.29) is 11.6 Å². The lowest BCUT2D eigenvalue weighted by Gasteiger charge is -2.14. The van der Waals surface area contributed by atoms with Crippen molar-refractivity contribution in [3.63, 3.8) is 0 Å². The van der Waals surface area contributed by atoms with Gasteiger partial charge in [0.25, 0.3) is 5.91 Å². The smallest absolute Gasteiger partial charge is 0.251 e. The molecule has 2 aromatic carbocycles. The van der Waals surface area contributed by atoms with Crippen LogP contribution in [0, 0.1) is 11.6 Å². The molecule has 1 amide bonds. The van der Waals surface area contributed by atoms with Gasteiger partial charge in [-0.1, -0.05) is 22.0 Å². The zero-order valence-electron chi connectivity index (χ0n) is 10.1. The highest BCUT2D eigenvalue weighted by Crippen LogP contribution is 2.34. The molecule has 2 aromatic rings. The lowest BCUT2D eigenvalue weighted by atomic mass is 10.1. The number of fused-ring (bicyclic) bond motifs is 1. The Morgan fingerprint density at radius 3 is 2.75 bits per heavy atom. The fourth-order valence-electron chi connectivity index (χ4n) is 2.14. The Kier molecular flexibility index (Phi) is 3.17. The topological polar surface area (TPSA) is 41.1 Å². The van der Waals surface area contributed by atoms with Gasteiger partial charge in [-0.3, -0.25) is 4.79 Å². The maximum absolute atomic E-state index is 13.7. The Bertz CT molecular complexity index is 706. The summed E-state index contributed by atoms with van der Waals surface area (Å²) < 4.78 is 27.5. The molecule has 1 unspecified atom stereocenters. The third-order valence-corrected chi connectivity index (χ3v) is 3.57. The van der Waals surface area contributed by atoms with Gasteiger partial charge in [-0.25, -0.2) is 8.78 Å². The summed E-state index contributed by atoms with van der Waals surface area (Å²) in [5.74, 6) is -1.24. The van der Waals surface area contributed by atoms with Gasteiger partial charge < -0.3 is 10.6 Å². The summed E-state index contributed by atoms with van der Waals surface area (Å²) in [5.41, 5.74) is 1.20. The Morgan fingerprint density at radius 2 is 1.95 bits per heavy atom. The van der Waals surface area contributed by atoms with Crippen molar-refractivity contribution >= 4 is 33.2 Å². The van der Waals surface area contributed by atoms with Crippen LogP contribution in [-0.2, 0) is 4.79 Å². The second-order valence-electron chi connectivity index (χ2n) is 4.42. The van der Waals surface area contributed by atoms with E-state index in [4.69, 9.17) is 0 Å². The highest BCUT2D eigenvalue weighted by molar-refractivity contribution is 9.10. The van der Waals surface area contributed by atoms with E-state index in [0.717, 1.165) is 0 Å². The number of carbonyl (C=O) groups is 1. The van der Waals surface area contributed by atoms with E-state index in [1.165, 1.54) is 24.3 Å². The zero-order valence-corrected chi connectivity index (χ0v) is 11.7. The minimum Gasteiger partial charge on any atom is -0.368 e. The van der Waals surface area contributed by atoms with Crippen molar-refractivity contribution in [1.82, 2.24) is 0 Å². The molecule has 0 aromatic heterocycles. The van der Waals surface area contributed by atoms with Crippen molar-refractivity contribution in [1.29, 1.82) is 0 Å². The molecule has 3 rings (SSSR count). The second-order valence-corrected chi connectivity index (χ2v) is 5.34. The second kappa shape index (κ2) is 4.86. The molecule has 102 valence electrons. The minimum absolute atomic E-state index is 0.205. The summed E-state index contributed by atoms with van der Waals surface area (Å²) in [6.45, 7) is 0. The van der Waals surface area contributed by atoms with E-state index in [9.17, 15) is 13.6 Å². The fraction of sp³-hybridized carbons (Fsp3) is 0.0714. The fourth-order valence-corrected chi connectivity index (χ4v) is 2.50. The van der Waals surface area contributed by atoms with Crippen LogP contribution in [-0.4, -0.2) is 5.91 Å². The molecule has 1 atom stereocenters. The Labute approximate surface area is 122 Å². The van der Waals surface area contributed by atoms with Crippen LogP contribution in [0.15, 0.2) is 40.9 Å². The van der Waals surface area contributed by atoms with E-state index in [2.05, 4.69) is 26.6 Å². The van der Waals surface area contributed by atoms with Gasteiger partial charge in [-0.2, -0.15) is 0 Å². The summed E-state index contributed by atoms with van der Waals surface area (Å²) in [6, 6.07) is 7.69. The lowest BCUT2D eigenvalue weighted by Crippen LogP contribution is -2.20. The average Bonchev–Trinajstić information content (AvgIpc) is 2.69. The normalized spacial score (nSPS) is 16.8. The molecule has 0 aliphatic carbocycles. The van der Waals surface area contributed by atoms with Crippen LogP contribution in [0.25, 0.3) is 0 Å². The standard InChI is InChI=1S/C14H9BrF2N2O/c15-7-1-4-10(17)12(5-7)18-13-9-3-2-8(16)6-11(9)19-14(13)20/h1-6,13,18H,(H,19,20). The SMILES string of the molecule is O=C1Nc2cc(F)ccc2C1Nc1cc(Br)ccc1F. The van der Waals surface area contributed by atoms with E-state index in [1.807, 2.05) is 0 Å². The molecular formula is C14H9BrF2N2O. The summed E-state index contributed by atoms with van der Waals surface area (Å²) in [4.78, 5) is 11.9. The van der Waals surface area contributed by atoms with Crippen molar-refractivity contribution in [2.24, 2.45) is 0 Å². The number of halogens is 3. The first-order chi connectivity index (χ1) is 9.54. The van der Waals surface area contributed by atoms with Crippen LogP contribution in [0.2, 0.25) is 0 Å². The maximum Gasteiger partial charge on any atom is 0.251 e. The van der Waals surface area contributed by atoms with Gasteiger partial charge >= 0.3 is 0 Å². The number of hydrogen-bond donors (Lipinski definition) is 2. The van der Waals surface area contributed by atoms with Crippen molar-refractivity contribution < 1.29 is 13.6 Å². The molecule has 1 aliphatic heterocycles. The number of hydrogen-bond acceptors (Lipinski definition) is 2. The van der Waals surface area contributed by atoms with Gasteiger partial charge in [0, 0.05) is 15.7 Å². The molecule has 0 saturated carbocycles. The zero-order chi connectivity index (χ0) is 14.3. The predicted molar refractivity (Wildman–Crippen MR) is 75.5 cm³/mol. The number of anilines is 2. The number of rotatable bonds is 2. The molecule has 0 spiro atoms.